The molecule has 0 radical (unpaired) electrons. The molecular weight excluding hydrogens is 216 g/mol. The molecule has 0 spiro atoms. The summed E-state index contributed by atoms with van der Waals surface area (Å²) in [6, 6.07) is 2.05. The lowest BCUT2D eigenvalue weighted by atomic mass is 10.4. The van der Waals surface area contributed by atoms with Crippen LogP contribution in [0.25, 0.3) is 0 Å². The summed E-state index contributed by atoms with van der Waals surface area (Å²) in [4.78, 5) is 4.30. The van der Waals surface area contributed by atoms with Crippen molar-refractivity contribution in [3.8, 4) is 6.07 Å². The number of hydrogen-bond acceptors (Lipinski definition) is 6. The van der Waals surface area contributed by atoms with Crippen molar-refractivity contribution < 1.29 is 0 Å². The van der Waals surface area contributed by atoms with Crippen LogP contribution in [-0.2, 0) is 6.42 Å². The van der Waals surface area contributed by atoms with Gasteiger partial charge in [-0.2, -0.15) is 9.64 Å². The van der Waals surface area contributed by atoms with Crippen molar-refractivity contribution in [2.45, 2.75) is 23.7 Å². The number of nitrogens with zero attached hydrogens (tertiary/aromatic N) is 3. The minimum Gasteiger partial charge on any atom is -0.304 e. The Labute approximate surface area is 91.9 Å². The van der Waals surface area contributed by atoms with Crippen LogP contribution in [0.5, 0.6) is 0 Å². The highest BCUT2D eigenvalue weighted by Crippen LogP contribution is 2.20. The van der Waals surface area contributed by atoms with Gasteiger partial charge in [-0.15, -0.1) is 0 Å². The summed E-state index contributed by atoms with van der Waals surface area (Å²) in [6.07, 6.45) is 0.866. The second kappa shape index (κ2) is 5.96. The van der Waals surface area contributed by atoms with Gasteiger partial charge in [-0.05, 0) is 18.6 Å². The van der Waals surface area contributed by atoms with E-state index < -0.39 is 0 Å². The minimum absolute atomic E-state index is 0.117. The molecule has 0 aliphatic carbocycles. The van der Waals surface area contributed by atoms with Gasteiger partial charge < -0.3 is 5.32 Å². The Morgan fingerprint density at radius 1 is 1.71 bits per heavy atom. The van der Waals surface area contributed by atoms with Crippen LogP contribution in [0.3, 0.4) is 0 Å². The Morgan fingerprint density at radius 3 is 3.00 bits per heavy atom. The van der Waals surface area contributed by atoms with Crippen LogP contribution < -0.4 is 5.32 Å². The molecule has 1 aromatic heterocycles. The van der Waals surface area contributed by atoms with E-state index in [0.29, 0.717) is 5.75 Å². The normalized spacial score (nSPS) is 12.4. The highest BCUT2D eigenvalue weighted by Gasteiger charge is 2.07. The molecule has 1 unspecified atom stereocenters. The number of thioether (sulfide) groups is 1. The summed E-state index contributed by atoms with van der Waals surface area (Å²) in [5.41, 5.74) is 0. The van der Waals surface area contributed by atoms with Crippen LogP contribution in [0.2, 0.25) is 0 Å². The van der Waals surface area contributed by atoms with Crippen LogP contribution in [0.1, 0.15) is 12.7 Å². The summed E-state index contributed by atoms with van der Waals surface area (Å²) >= 11 is 2.98. The molecule has 0 saturated heterocycles. The van der Waals surface area contributed by atoms with E-state index in [1.807, 2.05) is 6.92 Å². The molecule has 1 atom stereocenters. The second-order valence-electron chi connectivity index (χ2n) is 2.61. The Balaban J connectivity index is 2.41. The third-order valence-electron chi connectivity index (χ3n) is 1.64. The van der Waals surface area contributed by atoms with Crippen molar-refractivity contribution in [1.82, 2.24) is 14.7 Å². The molecule has 0 aromatic carbocycles. The Morgan fingerprint density at radius 2 is 2.50 bits per heavy atom. The van der Waals surface area contributed by atoms with E-state index in [-0.39, 0.29) is 6.04 Å². The van der Waals surface area contributed by atoms with E-state index in [9.17, 15) is 0 Å². The summed E-state index contributed by atoms with van der Waals surface area (Å²) < 4.78 is 5.11. The van der Waals surface area contributed by atoms with Gasteiger partial charge in [0.05, 0.1) is 6.07 Å². The van der Waals surface area contributed by atoms with Crippen molar-refractivity contribution in [2.75, 3.05) is 12.8 Å². The summed E-state index contributed by atoms with van der Waals surface area (Å²) in [5, 5.41) is 11.6. The summed E-state index contributed by atoms with van der Waals surface area (Å²) in [6.45, 7) is 2.03. The highest BCUT2D eigenvalue weighted by atomic mass is 32.2. The number of aromatic nitrogens is 2. The van der Waals surface area contributed by atoms with E-state index in [4.69, 9.17) is 5.26 Å². The van der Waals surface area contributed by atoms with Gasteiger partial charge in [0, 0.05) is 12.2 Å². The van der Waals surface area contributed by atoms with E-state index in [0.717, 1.165) is 16.6 Å². The quantitative estimate of drug-likeness (QED) is 0.770. The molecule has 76 valence electrons. The molecule has 1 heterocycles. The molecule has 4 nitrogen and oxygen atoms in total. The first-order chi connectivity index (χ1) is 6.80. The van der Waals surface area contributed by atoms with Crippen LogP contribution in [-0.4, -0.2) is 28.2 Å². The average molecular weight is 228 g/mol. The molecule has 1 rings (SSSR count). The Kier molecular flexibility index (Phi) is 4.87. The predicted octanol–water partition coefficient (Wildman–Crippen LogP) is 1.30. The van der Waals surface area contributed by atoms with Gasteiger partial charge >= 0.3 is 0 Å². The topological polar surface area (TPSA) is 61.6 Å². The lowest BCUT2D eigenvalue weighted by molar-refractivity contribution is 0.750. The van der Waals surface area contributed by atoms with Gasteiger partial charge in [0.15, 0.2) is 4.34 Å². The fourth-order valence-corrected chi connectivity index (χ4v) is 2.53. The first-order valence-corrected chi connectivity index (χ1v) is 6.08. The average Bonchev–Trinajstić information content (AvgIpc) is 2.67. The molecule has 1 aromatic rings. The van der Waals surface area contributed by atoms with Crippen molar-refractivity contribution in [3.63, 3.8) is 0 Å². The van der Waals surface area contributed by atoms with E-state index in [2.05, 4.69) is 20.7 Å². The highest BCUT2D eigenvalue weighted by molar-refractivity contribution is 8.00. The number of aryl methyl sites for hydroxylation is 1. The lowest BCUT2D eigenvalue weighted by Crippen LogP contribution is -2.25. The van der Waals surface area contributed by atoms with E-state index in [1.165, 1.54) is 11.5 Å². The third kappa shape index (κ3) is 3.25. The molecule has 6 heteroatoms. The fraction of sp³-hybridized carbons (Fsp3) is 0.625. The van der Waals surface area contributed by atoms with Gasteiger partial charge in [0.1, 0.15) is 11.9 Å². The molecule has 0 fully saturated rings. The molecule has 0 saturated carbocycles. The number of hydrogen-bond donors (Lipinski definition) is 1. The molecular formula is C8H12N4S2. The molecule has 0 aliphatic heterocycles. The van der Waals surface area contributed by atoms with Gasteiger partial charge in [-0.25, -0.2) is 4.98 Å². The van der Waals surface area contributed by atoms with Gasteiger partial charge in [-0.1, -0.05) is 18.7 Å². The summed E-state index contributed by atoms with van der Waals surface area (Å²) in [7, 11) is 1.78. The molecule has 1 N–H and O–H groups in total. The SMILES string of the molecule is CCc1nsc(SCC(C#N)NC)n1. The second-order valence-corrected chi connectivity index (χ2v) is 4.63. The predicted molar refractivity (Wildman–Crippen MR) is 58.5 cm³/mol. The van der Waals surface area contributed by atoms with Crippen molar-refractivity contribution >= 4 is 23.3 Å². The third-order valence-corrected chi connectivity index (χ3v) is 3.61. The minimum atomic E-state index is -0.117. The van der Waals surface area contributed by atoms with Crippen LogP contribution in [0.15, 0.2) is 4.34 Å². The van der Waals surface area contributed by atoms with E-state index >= 15 is 0 Å². The first kappa shape index (κ1) is 11.4. The zero-order chi connectivity index (χ0) is 10.4. The van der Waals surface area contributed by atoms with Gasteiger partial charge in [0.25, 0.3) is 0 Å². The lowest BCUT2D eigenvalue weighted by Gasteiger charge is -2.03. The monoisotopic (exact) mass is 228 g/mol. The Bertz CT molecular complexity index is 317. The van der Waals surface area contributed by atoms with Crippen molar-refractivity contribution in [1.29, 1.82) is 5.26 Å². The maximum Gasteiger partial charge on any atom is 0.170 e. The molecule has 0 aliphatic rings. The van der Waals surface area contributed by atoms with Crippen LogP contribution in [0.4, 0.5) is 0 Å². The maximum atomic E-state index is 8.70. The standard InChI is InChI=1S/C8H12N4S2/c1-3-7-11-8(14-12-7)13-5-6(4-9)10-2/h6,10H,3,5H2,1-2H3. The zero-order valence-electron chi connectivity index (χ0n) is 8.15. The fourth-order valence-electron chi connectivity index (χ4n) is 0.780. The largest absolute Gasteiger partial charge is 0.304 e. The van der Waals surface area contributed by atoms with Crippen molar-refractivity contribution in [2.24, 2.45) is 0 Å². The number of rotatable bonds is 5. The summed E-state index contributed by atoms with van der Waals surface area (Å²) in [5.74, 6) is 1.60. The number of nitriles is 1. The van der Waals surface area contributed by atoms with Crippen LogP contribution >= 0.6 is 23.3 Å². The smallest absolute Gasteiger partial charge is 0.170 e. The van der Waals surface area contributed by atoms with Crippen molar-refractivity contribution in [3.05, 3.63) is 5.82 Å². The molecule has 0 bridgehead atoms. The Hall–Kier alpha value is -0.640. The van der Waals surface area contributed by atoms with Crippen LogP contribution in [0, 0.1) is 11.3 Å². The zero-order valence-corrected chi connectivity index (χ0v) is 9.78. The first-order valence-electron chi connectivity index (χ1n) is 4.32. The molecule has 0 amide bonds. The maximum absolute atomic E-state index is 8.70. The van der Waals surface area contributed by atoms with E-state index in [1.54, 1.807) is 18.8 Å². The number of nitrogens with one attached hydrogen (secondary N) is 1. The van der Waals surface area contributed by atoms with Gasteiger partial charge in [0.2, 0.25) is 0 Å². The molecule has 14 heavy (non-hydrogen) atoms. The van der Waals surface area contributed by atoms with Gasteiger partial charge in [-0.3, -0.25) is 0 Å².